The number of anilines is 2. The van der Waals surface area contributed by atoms with E-state index in [-0.39, 0.29) is 0 Å². The summed E-state index contributed by atoms with van der Waals surface area (Å²) < 4.78 is 1.63. The zero-order valence-electron chi connectivity index (χ0n) is 9.87. The van der Waals surface area contributed by atoms with E-state index in [9.17, 15) is 10.2 Å². The SMILES string of the molecule is CCNc1c(N)cnn1CCC(O)C(O)CO. The maximum Gasteiger partial charge on any atom is 0.147 e. The molecule has 2 atom stereocenters. The minimum Gasteiger partial charge on any atom is -0.394 e. The molecule has 1 heterocycles. The standard InChI is InChI=1S/C10H20N4O3/c1-2-12-10-7(11)5-13-14(10)4-3-8(16)9(17)6-15/h5,8-9,12,15-17H,2-4,6,11H2,1H3. The molecule has 0 bridgehead atoms. The van der Waals surface area contributed by atoms with Crippen LogP contribution in [0.4, 0.5) is 11.5 Å². The van der Waals surface area contributed by atoms with Crippen LogP contribution in [-0.2, 0) is 6.54 Å². The molecule has 98 valence electrons. The summed E-state index contributed by atoms with van der Waals surface area (Å²) in [5, 5.41) is 34.5. The van der Waals surface area contributed by atoms with Gasteiger partial charge < -0.3 is 26.4 Å². The number of hydrogen-bond acceptors (Lipinski definition) is 6. The summed E-state index contributed by atoms with van der Waals surface area (Å²) in [4.78, 5) is 0. The maximum absolute atomic E-state index is 9.50. The number of aryl methyl sites for hydroxylation is 1. The third kappa shape index (κ3) is 3.58. The highest BCUT2D eigenvalue weighted by molar-refractivity contribution is 5.60. The number of hydrogen-bond donors (Lipinski definition) is 5. The quantitative estimate of drug-likeness (QED) is 0.420. The van der Waals surface area contributed by atoms with Gasteiger partial charge in [0.2, 0.25) is 0 Å². The first-order chi connectivity index (χ1) is 8.10. The third-order valence-corrected chi connectivity index (χ3v) is 2.48. The molecular weight excluding hydrogens is 224 g/mol. The van der Waals surface area contributed by atoms with Gasteiger partial charge in [0.1, 0.15) is 11.9 Å². The number of rotatable bonds is 7. The number of nitrogens with zero attached hydrogens (tertiary/aromatic N) is 2. The molecule has 0 aliphatic rings. The minimum absolute atomic E-state index is 0.293. The van der Waals surface area contributed by atoms with E-state index in [0.29, 0.717) is 24.5 Å². The molecule has 0 aromatic carbocycles. The lowest BCUT2D eigenvalue weighted by atomic mass is 10.1. The van der Waals surface area contributed by atoms with E-state index < -0.39 is 18.8 Å². The van der Waals surface area contributed by atoms with Crippen molar-refractivity contribution in [3.05, 3.63) is 6.20 Å². The molecule has 0 fully saturated rings. The summed E-state index contributed by atoms with van der Waals surface area (Å²) >= 11 is 0. The summed E-state index contributed by atoms with van der Waals surface area (Å²) in [5.41, 5.74) is 6.27. The van der Waals surface area contributed by atoms with Crippen LogP contribution in [0.1, 0.15) is 13.3 Å². The van der Waals surface area contributed by atoms with Crippen LogP contribution in [0, 0.1) is 0 Å². The van der Waals surface area contributed by atoms with Crippen molar-refractivity contribution in [2.24, 2.45) is 0 Å². The van der Waals surface area contributed by atoms with Gasteiger partial charge in [-0.05, 0) is 13.3 Å². The molecule has 7 nitrogen and oxygen atoms in total. The Balaban J connectivity index is 2.57. The first kappa shape index (κ1) is 13.8. The fraction of sp³-hybridized carbons (Fsp3) is 0.700. The summed E-state index contributed by atoms with van der Waals surface area (Å²) in [5.74, 6) is 0.707. The van der Waals surface area contributed by atoms with Gasteiger partial charge in [0.25, 0.3) is 0 Å². The fourth-order valence-electron chi connectivity index (χ4n) is 1.50. The zero-order valence-corrected chi connectivity index (χ0v) is 9.87. The van der Waals surface area contributed by atoms with Crippen molar-refractivity contribution in [2.45, 2.75) is 32.1 Å². The van der Waals surface area contributed by atoms with Gasteiger partial charge >= 0.3 is 0 Å². The summed E-state index contributed by atoms with van der Waals surface area (Å²) in [6.07, 6.45) is -0.265. The molecule has 0 amide bonds. The molecule has 0 radical (unpaired) electrons. The highest BCUT2D eigenvalue weighted by atomic mass is 16.4. The smallest absolute Gasteiger partial charge is 0.147 e. The Morgan fingerprint density at radius 2 is 2.18 bits per heavy atom. The van der Waals surface area contributed by atoms with Crippen molar-refractivity contribution in [3.63, 3.8) is 0 Å². The second-order valence-electron chi connectivity index (χ2n) is 3.81. The van der Waals surface area contributed by atoms with Crippen LogP contribution in [0.5, 0.6) is 0 Å². The van der Waals surface area contributed by atoms with Crippen LogP contribution in [0.15, 0.2) is 6.20 Å². The van der Waals surface area contributed by atoms with Crippen molar-refractivity contribution in [1.82, 2.24) is 9.78 Å². The van der Waals surface area contributed by atoms with Gasteiger partial charge in [-0.1, -0.05) is 0 Å². The lowest BCUT2D eigenvalue weighted by molar-refractivity contribution is -0.0195. The molecule has 2 unspecified atom stereocenters. The van der Waals surface area contributed by atoms with E-state index >= 15 is 0 Å². The fourth-order valence-corrected chi connectivity index (χ4v) is 1.50. The van der Waals surface area contributed by atoms with Crippen LogP contribution in [0.3, 0.4) is 0 Å². The van der Waals surface area contributed by atoms with Gasteiger partial charge in [-0.25, -0.2) is 4.68 Å². The molecule has 17 heavy (non-hydrogen) atoms. The lowest BCUT2D eigenvalue weighted by Crippen LogP contribution is -2.30. The van der Waals surface area contributed by atoms with E-state index in [1.165, 1.54) is 6.20 Å². The molecule has 1 aromatic rings. The normalized spacial score (nSPS) is 14.6. The Labute approximate surface area is 99.9 Å². The molecule has 0 aliphatic carbocycles. The second-order valence-corrected chi connectivity index (χ2v) is 3.81. The van der Waals surface area contributed by atoms with E-state index in [1.54, 1.807) is 4.68 Å². The highest BCUT2D eigenvalue weighted by Crippen LogP contribution is 2.17. The van der Waals surface area contributed by atoms with E-state index in [2.05, 4.69) is 10.4 Å². The van der Waals surface area contributed by atoms with Crippen LogP contribution >= 0.6 is 0 Å². The molecule has 0 aliphatic heterocycles. The second kappa shape index (κ2) is 6.43. The van der Waals surface area contributed by atoms with Crippen molar-refractivity contribution >= 4 is 11.5 Å². The molecule has 1 rings (SSSR count). The van der Waals surface area contributed by atoms with Gasteiger partial charge in [0.15, 0.2) is 0 Å². The zero-order chi connectivity index (χ0) is 12.8. The summed E-state index contributed by atoms with van der Waals surface area (Å²) in [6.45, 7) is 2.62. The number of nitrogens with one attached hydrogen (secondary N) is 1. The Bertz CT molecular complexity index is 342. The van der Waals surface area contributed by atoms with Crippen LogP contribution in [0.2, 0.25) is 0 Å². The molecule has 0 spiro atoms. The molecule has 0 saturated carbocycles. The number of aliphatic hydroxyl groups is 3. The van der Waals surface area contributed by atoms with E-state index in [0.717, 1.165) is 6.54 Å². The van der Waals surface area contributed by atoms with Gasteiger partial charge in [-0.3, -0.25) is 0 Å². The first-order valence-corrected chi connectivity index (χ1v) is 5.62. The van der Waals surface area contributed by atoms with Crippen LogP contribution in [0.25, 0.3) is 0 Å². The lowest BCUT2D eigenvalue weighted by Gasteiger charge is -2.16. The summed E-state index contributed by atoms with van der Waals surface area (Å²) in [6, 6.07) is 0. The largest absolute Gasteiger partial charge is 0.394 e. The molecule has 1 aromatic heterocycles. The molecule has 6 N–H and O–H groups in total. The Hall–Kier alpha value is -1.31. The van der Waals surface area contributed by atoms with Crippen LogP contribution in [-0.4, -0.2) is 50.5 Å². The number of aromatic nitrogens is 2. The number of nitrogens with two attached hydrogens (primary N) is 1. The van der Waals surface area contributed by atoms with Crippen LogP contribution < -0.4 is 11.1 Å². The minimum atomic E-state index is -1.12. The van der Waals surface area contributed by atoms with Crippen molar-refractivity contribution in [2.75, 3.05) is 24.2 Å². The Morgan fingerprint density at radius 3 is 2.76 bits per heavy atom. The Kier molecular flexibility index (Phi) is 5.20. The highest BCUT2D eigenvalue weighted by Gasteiger charge is 2.16. The van der Waals surface area contributed by atoms with Gasteiger partial charge in [0.05, 0.1) is 24.6 Å². The van der Waals surface area contributed by atoms with E-state index in [4.69, 9.17) is 10.8 Å². The molecular formula is C10H20N4O3. The van der Waals surface area contributed by atoms with Gasteiger partial charge in [-0.2, -0.15) is 5.10 Å². The average molecular weight is 244 g/mol. The molecule has 7 heteroatoms. The van der Waals surface area contributed by atoms with Crippen molar-refractivity contribution in [3.8, 4) is 0 Å². The maximum atomic E-state index is 9.50. The third-order valence-electron chi connectivity index (χ3n) is 2.48. The van der Waals surface area contributed by atoms with E-state index in [1.807, 2.05) is 6.92 Å². The van der Waals surface area contributed by atoms with Crippen molar-refractivity contribution < 1.29 is 15.3 Å². The predicted octanol–water partition coefficient (Wildman–Crippen LogP) is -0.999. The predicted molar refractivity (Wildman–Crippen MR) is 64.5 cm³/mol. The number of nitrogen functional groups attached to an aromatic ring is 1. The monoisotopic (exact) mass is 244 g/mol. The van der Waals surface area contributed by atoms with Gasteiger partial charge in [-0.15, -0.1) is 0 Å². The topological polar surface area (TPSA) is 117 Å². The first-order valence-electron chi connectivity index (χ1n) is 5.62. The Morgan fingerprint density at radius 1 is 1.47 bits per heavy atom. The summed E-state index contributed by atoms with van der Waals surface area (Å²) in [7, 11) is 0. The average Bonchev–Trinajstić information content (AvgIpc) is 2.67. The van der Waals surface area contributed by atoms with Crippen molar-refractivity contribution in [1.29, 1.82) is 0 Å². The number of aliphatic hydroxyl groups excluding tert-OH is 3. The van der Waals surface area contributed by atoms with Gasteiger partial charge in [0, 0.05) is 13.1 Å². The molecule has 0 saturated heterocycles.